The third-order valence-corrected chi connectivity index (χ3v) is 4.65. The number of hydrogen-bond acceptors (Lipinski definition) is 6. The van der Waals surface area contributed by atoms with Crippen molar-refractivity contribution in [2.24, 2.45) is 12.8 Å². The highest BCUT2D eigenvalue weighted by molar-refractivity contribution is 5.95. The van der Waals surface area contributed by atoms with Gasteiger partial charge in [0.15, 0.2) is 11.4 Å². The molecule has 2 atom stereocenters. The van der Waals surface area contributed by atoms with Gasteiger partial charge in [-0.15, -0.1) is 13.2 Å². The van der Waals surface area contributed by atoms with E-state index >= 15 is 0 Å². The van der Waals surface area contributed by atoms with E-state index in [9.17, 15) is 18.0 Å². The number of halogens is 3. The average molecular weight is 416 g/mol. The quantitative estimate of drug-likeness (QED) is 0.642. The molecule has 162 valence electrons. The van der Waals surface area contributed by atoms with Gasteiger partial charge in [-0.1, -0.05) is 20.8 Å². The third kappa shape index (κ3) is 5.97. The van der Waals surface area contributed by atoms with Crippen molar-refractivity contribution < 1.29 is 27.8 Å². The molecule has 0 aromatic carbocycles. The number of Topliss-reactive ketones (excluding diaryl/α,β-unsaturated/α-hetero) is 1. The van der Waals surface area contributed by atoms with Gasteiger partial charge < -0.3 is 15.4 Å². The van der Waals surface area contributed by atoms with Gasteiger partial charge in [0.25, 0.3) is 0 Å². The molecule has 0 aliphatic heterocycles. The number of fused-ring (bicyclic) bond motifs is 1. The summed E-state index contributed by atoms with van der Waals surface area (Å²) in [7, 11) is 1.85. The van der Waals surface area contributed by atoms with Crippen LogP contribution >= 0.6 is 0 Å². The number of hydrogen-bond donors (Lipinski definition) is 2. The van der Waals surface area contributed by atoms with Gasteiger partial charge in [-0.3, -0.25) is 14.5 Å². The Labute approximate surface area is 167 Å². The number of nitrogens with two attached hydrogens (primary N) is 1. The van der Waals surface area contributed by atoms with Crippen LogP contribution in [0.1, 0.15) is 56.2 Å². The molecule has 7 nitrogen and oxygen atoms in total. The minimum absolute atomic E-state index is 0.0351. The molecule has 0 unspecified atom stereocenters. The molecule has 3 N–H and O–H groups in total. The summed E-state index contributed by atoms with van der Waals surface area (Å²) in [5, 5.41) is 9.01. The predicted octanol–water partition coefficient (Wildman–Crippen LogP) is 2.84. The highest BCUT2D eigenvalue weighted by Gasteiger charge is 2.35. The lowest BCUT2D eigenvalue weighted by Gasteiger charge is -2.23. The van der Waals surface area contributed by atoms with Crippen LogP contribution in [0.25, 0.3) is 11.2 Å². The predicted molar refractivity (Wildman–Crippen MR) is 101 cm³/mol. The second kappa shape index (κ2) is 8.76. The summed E-state index contributed by atoms with van der Waals surface area (Å²) in [6, 6.07) is 0.730. The largest absolute Gasteiger partial charge is 0.522 e. The second-order valence-electron chi connectivity index (χ2n) is 8.07. The van der Waals surface area contributed by atoms with E-state index in [1.54, 1.807) is 0 Å². The maximum atomic E-state index is 12.5. The summed E-state index contributed by atoms with van der Waals surface area (Å²) < 4.78 is 43.3. The molecule has 0 saturated carbocycles. The van der Waals surface area contributed by atoms with Gasteiger partial charge in [0.2, 0.25) is 0 Å². The number of aliphatic hydroxyl groups excluding tert-OH is 1. The Morgan fingerprint density at radius 3 is 2.55 bits per heavy atom. The van der Waals surface area contributed by atoms with Gasteiger partial charge in [0.05, 0.1) is 24.9 Å². The van der Waals surface area contributed by atoms with Crippen LogP contribution in [-0.4, -0.2) is 50.5 Å². The van der Waals surface area contributed by atoms with Crippen LogP contribution in [-0.2, 0) is 17.2 Å². The molecule has 0 bridgehead atoms. The van der Waals surface area contributed by atoms with Gasteiger partial charge in [0, 0.05) is 24.6 Å². The van der Waals surface area contributed by atoms with E-state index in [0.717, 1.165) is 5.69 Å². The van der Waals surface area contributed by atoms with Crippen LogP contribution in [0.15, 0.2) is 12.3 Å². The molecule has 2 aromatic heterocycles. The lowest BCUT2D eigenvalue weighted by atomic mass is 9.92. The molecule has 0 fully saturated rings. The van der Waals surface area contributed by atoms with Crippen molar-refractivity contribution in [1.82, 2.24) is 14.5 Å². The zero-order valence-corrected chi connectivity index (χ0v) is 17.0. The smallest absolute Gasteiger partial charge is 0.395 e. The summed E-state index contributed by atoms with van der Waals surface area (Å²) in [4.78, 5) is 21.1. The van der Waals surface area contributed by atoms with Crippen LogP contribution in [0.4, 0.5) is 13.2 Å². The summed E-state index contributed by atoms with van der Waals surface area (Å²) in [5.74, 6) is -0.332. The maximum absolute atomic E-state index is 12.5. The van der Waals surface area contributed by atoms with Crippen molar-refractivity contribution in [3.8, 4) is 0 Å². The minimum atomic E-state index is -4.87. The molecule has 2 rings (SSSR count). The first kappa shape index (κ1) is 23.2. The van der Waals surface area contributed by atoms with E-state index in [1.165, 1.54) is 6.20 Å². The Morgan fingerprint density at radius 1 is 1.34 bits per heavy atom. The molecular formula is C19H27F3N4O3. The first-order valence-corrected chi connectivity index (χ1v) is 9.30. The zero-order valence-electron chi connectivity index (χ0n) is 17.0. The molecule has 0 amide bonds. The first-order chi connectivity index (χ1) is 13.3. The van der Waals surface area contributed by atoms with Crippen LogP contribution in [0.3, 0.4) is 0 Å². The van der Waals surface area contributed by atoms with Crippen LogP contribution in [0, 0.1) is 0 Å². The molecule has 10 heteroatoms. The molecule has 29 heavy (non-hydrogen) atoms. The highest BCUT2D eigenvalue weighted by Crippen LogP contribution is 2.27. The van der Waals surface area contributed by atoms with Crippen LogP contribution in [0.2, 0.25) is 0 Å². The number of aromatic nitrogens is 3. The lowest BCUT2D eigenvalue weighted by Crippen LogP contribution is -2.42. The number of ether oxygens (including phenoxy) is 1. The number of rotatable bonds is 8. The number of nitrogens with zero attached hydrogens (tertiary/aromatic N) is 3. The van der Waals surface area contributed by atoms with Crippen molar-refractivity contribution in [2.45, 2.75) is 64.0 Å². The van der Waals surface area contributed by atoms with Crippen molar-refractivity contribution in [3.63, 3.8) is 0 Å². The summed E-state index contributed by atoms with van der Waals surface area (Å²) >= 11 is 0. The molecule has 2 aromatic rings. The van der Waals surface area contributed by atoms with Crippen LogP contribution in [0.5, 0.6) is 0 Å². The van der Waals surface area contributed by atoms with Crippen molar-refractivity contribution in [2.75, 3.05) is 6.61 Å². The van der Waals surface area contributed by atoms with E-state index in [4.69, 9.17) is 10.8 Å². The maximum Gasteiger partial charge on any atom is 0.522 e. The lowest BCUT2D eigenvalue weighted by molar-refractivity contribution is -0.346. The van der Waals surface area contributed by atoms with Crippen molar-refractivity contribution >= 4 is 16.9 Å². The van der Waals surface area contributed by atoms with Gasteiger partial charge in [0.1, 0.15) is 11.2 Å². The monoisotopic (exact) mass is 416 g/mol. The fraction of sp³-hybridized carbons (Fsp3) is 0.632. The molecular weight excluding hydrogens is 389 g/mol. The van der Waals surface area contributed by atoms with E-state index in [-0.39, 0.29) is 36.2 Å². The topological polar surface area (TPSA) is 103 Å². The summed E-state index contributed by atoms with van der Waals surface area (Å²) in [6.45, 7) is 5.53. The van der Waals surface area contributed by atoms with Crippen LogP contribution < -0.4 is 5.73 Å². The molecule has 0 radical (unpaired) electrons. The zero-order chi connectivity index (χ0) is 22.0. The minimum Gasteiger partial charge on any atom is -0.395 e. The first-order valence-electron chi connectivity index (χ1n) is 9.30. The van der Waals surface area contributed by atoms with E-state index in [0.29, 0.717) is 11.2 Å². The van der Waals surface area contributed by atoms with Gasteiger partial charge in [-0.2, -0.15) is 0 Å². The molecule has 0 spiro atoms. The Morgan fingerprint density at radius 2 is 2.00 bits per heavy atom. The fourth-order valence-electron chi connectivity index (χ4n) is 3.17. The molecule has 0 saturated heterocycles. The Balaban J connectivity index is 2.08. The van der Waals surface area contributed by atoms with E-state index in [1.807, 2.05) is 17.7 Å². The Bertz CT molecular complexity index is 859. The average Bonchev–Trinajstić information content (AvgIpc) is 2.95. The molecule has 0 aliphatic rings. The number of aryl methyl sites for hydroxylation is 1. The highest BCUT2D eigenvalue weighted by atomic mass is 19.4. The van der Waals surface area contributed by atoms with Gasteiger partial charge >= 0.3 is 6.36 Å². The number of alkyl halides is 3. The normalized spacial score (nSPS) is 14.9. The summed E-state index contributed by atoms with van der Waals surface area (Å²) in [6.07, 6.45) is -4.97. The Hall–Kier alpha value is -2.04. The van der Waals surface area contributed by atoms with Crippen molar-refractivity contribution in [3.05, 3.63) is 23.7 Å². The van der Waals surface area contributed by atoms with Crippen molar-refractivity contribution in [1.29, 1.82) is 0 Å². The standard InChI is InChI=1S/C19H27F3N4O3/c1-18(2,3)16-8-12-17(26(16)4)25-13(9-24-12)14(28)6-5-7-15(11(23)10-27)29-19(20,21)22/h8-9,11,15,27H,5-7,10,23H2,1-4H3/t11-,15+/m0/s1. The molecule has 0 aliphatic carbocycles. The van der Waals surface area contributed by atoms with E-state index < -0.39 is 25.1 Å². The number of aliphatic hydroxyl groups is 1. The molecule has 2 heterocycles. The second-order valence-corrected chi connectivity index (χ2v) is 8.07. The number of ketones is 1. The van der Waals surface area contributed by atoms with E-state index in [2.05, 4.69) is 35.5 Å². The SMILES string of the molecule is Cn1c(C(C)(C)C)cc2ncc(C(=O)CCC[C@@H](OC(F)(F)F)[C@@H](N)CO)nc21. The third-order valence-electron chi connectivity index (χ3n) is 4.65. The van der Waals surface area contributed by atoms with Gasteiger partial charge in [-0.25, -0.2) is 4.98 Å². The summed E-state index contributed by atoms with van der Waals surface area (Å²) in [5.41, 5.74) is 7.77. The fourth-order valence-corrected chi connectivity index (χ4v) is 3.17. The van der Waals surface area contributed by atoms with Gasteiger partial charge in [-0.05, 0) is 18.9 Å². The number of carbonyl (C=O) groups is 1. The number of carbonyl (C=O) groups excluding carboxylic acids is 1. The Kier molecular flexibility index (Phi) is 7.02.